The summed E-state index contributed by atoms with van der Waals surface area (Å²) in [7, 11) is -3.35. The molecule has 0 bridgehead atoms. The van der Waals surface area contributed by atoms with Crippen LogP contribution in [-0.2, 0) is 10.0 Å². The molecule has 0 saturated heterocycles. The van der Waals surface area contributed by atoms with Gasteiger partial charge in [-0.1, -0.05) is 41.5 Å². The SMILES string of the molecule is CCCCS(=O)(=O)Nc1ccc(Br)cc1C(N)=S. The Balaban J connectivity index is 3.01. The third kappa shape index (κ3) is 4.55. The van der Waals surface area contributed by atoms with E-state index >= 15 is 0 Å². The van der Waals surface area contributed by atoms with Crippen molar-refractivity contribution < 1.29 is 8.42 Å². The summed E-state index contributed by atoms with van der Waals surface area (Å²) in [4.78, 5) is 0.157. The number of hydrogen-bond acceptors (Lipinski definition) is 3. The average molecular weight is 351 g/mol. The van der Waals surface area contributed by atoms with Crippen molar-refractivity contribution in [2.45, 2.75) is 19.8 Å². The molecule has 0 unspecified atom stereocenters. The normalized spacial score (nSPS) is 11.2. The number of sulfonamides is 1. The third-order valence-electron chi connectivity index (χ3n) is 2.28. The molecule has 0 fully saturated rings. The summed E-state index contributed by atoms with van der Waals surface area (Å²) in [5.41, 5.74) is 6.51. The van der Waals surface area contributed by atoms with Gasteiger partial charge in [0.2, 0.25) is 10.0 Å². The summed E-state index contributed by atoms with van der Waals surface area (Å²) in [5.74, 6) is 0.0936. The molecule has 0 atom stereocenters. The largest absolute Gasteiger partial charge is 0.389 e. The van der Waals surface area contributed by atoms with Gasteiger partial charge >= 0.3 is 0 Å². The highest BCUT2D eigenvalue weighted by molar-refractivity contribution is 9.10. The highest BCUT2D eigenvalue weighted by Gasteiger charge is 2.13. The summed E-state index contributed by atoms with van der Waals surface area (Å²) in [6.07, 6.45) is 1.44. The molecule has 1 aromatic rings. The molecule has 18 heavy (non-hydrogen) atoms. The van der Waals surface area contributed by atoms with Crippen LogP contribution in [0.25, 0.3) is 0 Å². The van der Waals surface area contributed by atoms with Crippen molar-refractivity contribution in [3.05, 3.63) is 28.2 Å². The summed E-state index contributed by atoms with van der Waals surface area (Å²) in [6, 6.07) is 5.07. The Labute approximate surface area is 121 Å². The lowest BCUT2D eigenvalue weighted by Crippen LogP contribution is -2.20. The van der Waals surface area contributed by atoms with Crippen molar-refractivity contribution >= 4 is 48.8 Å². The Bertz CT molecular complexity index is 544. The number of thiocarbonyl (C=S) groups is 1. The standard InChI is InChI=1S/C11H15BrN2O2S2/c1-2-3-6-18(15,16)14-10-5-4-8(12)7-9(10)11(13)17/h4-5,7,14H,2-3,6H2,1H3,(H2,13,17). The first-order valence-corrected chi connectivity index (χ1v) is 8.31. The molecule has 0 aromatic heterocycles. The monoisotopic (exact) mass is 350 g/mol. The molecule has 0 saturated carbocycles. The molecule has 7 heteroatoms. The van der Waals surface area contributed by atoms with E-state index in [0.717, 1.165) is 10.9 Å². The van der Waals surface area contributed by atoms with Gasteiger partial charge in [0.05, 0.1) is 11.4 Å². The van der Waals surface area contributed by atoms with Crippen molar-refractivity contribution in [1.82, 2.24) is 0 Å². The van der Waals surface area contributed by atoms with E-state index in [9.17, 15) is 8.42 Å². The van der Waals surface area contributed by atoms with E-state index < -0.39 is 10.0 Å². The molecule has 4 nitrogen and oxygen atoms in total. The number of unbranched alkanes of at least 4 members (excludes halogenated alkanes) is 1. The second-order valence-corrected chi connectivity index (χ2v) is 7.03. The van der Waals surface area contributed by atoms with Gasteiger partial charge in [0.25, 0.3) is 0 Å². The smallest absolute Gasteiger partial charge is 0.232 e. The Kier molecular flexibility index (Phi) is 5.55. The van der Waals surface area contributed by atoms with E-state index in [1.54, 1.807) is 18.2 Å². The van der Waals surface area contributed by atoms with Crippen LogP contribution in [0.5, 0.6) is 0 Å². The Morgan fingerprint density at radius 1 is 1.50 bits per heavy atom. The lowest BCUT2D eigenvalue weighted by molar-refractivity contribution is 0.598. The van der Waals surface area contributed by atoms with Crippen molar-refractivity contribution in [3.8, 4) is 0 Å². The fourth-order valence-electron chi connectivity index (χ4n) is 1.36. The van der Waals surface area contributed by atoms with Crippen LogP contribution in [-0.4, -0.2) is 19.2 Å². The van der Waals surface area contributed by atoms with E-state index in [-0.39, 0.29) is 10.7 Å². The first kappa shape index (κ1) is 15.4. The van der Waals surface area contributed by atoms with E-state index in [2.05, 4.69) is 20.7 Å². The molecule has 0 aliphatic rings. The first-order chi connectivity index (χ1) is 8.35. The number of benzene rings is 1. The van der Waals surface area contributed by atoms with Gasteiger partial charge in [0, 0.05) is 10.0 Å². The van der Waals surface area contributed by atoms with Gasteiger partial charge in [-0.3, -0.25) is 4.72 Å². The zero-order chi connectivity index (χ0) is 13.8. The lowest BCUT2D eigenvalue weighted by Gasteiger charge is -2.12. The average Bonchev–Trinajstić information content (AvgIpc) is 2.28. The quantitative estimate of drug-likeness (QED) is 0.773. The van der Waals surface area contributed by atoms with Gasteiger partial charge in [-0.15, -0.1) is 0 Å². The van der Waals surface area contributed by atoms with Gasteiger partial charge in [0.15, 0.2) is 0 Å². The van der Waals surface area contributed by atoms with Crippen LogP contribution in [0.3, 0.4) is 0 Å². The van der Waals surface area contributed by atoms with Gasteiger partial charge in [0.1, 0.15) is 4.99 Å². The van der Waals surface area contributed by atoms with Crippen LogP contribution in [0.4, 0.5) is 5.69 Å². The number of halogens is 1. The molecular formula is C11H15BrN2O2S2. The van der Waals surface area contributed by atoms with Gasteiger partial charge in [-0.25, -0.2) is 8.42 Å². The molecule has 3 N–H and O–H groups in total. The molecule has 1 rings (SSSR count). The highest BCUT2D eigenvalue weighted by Crippen LogP contribution is 2.22. The summed E-state index contributed by atoms with van der Waals surface area (Å²) in [5, 5.41) is 0. The molecule has 0 radical (unpaired) electrons. The van der Waals surface area contributed by atoms with Crippen LogP contribution in [0.1, 0.15) is 25.3 Å². The van der Waals surface area contributed by atoms with Gasteiger partial charge in [-0.2, -0.15) is 0 Å². The fraction of sp³-hybridized carbons (Fsp3) is 0.364. The fourth-order valence-corrected chi connectivity index (χ4v) is 3.18. The number of anilines is 1. The first-order valence-electron chi connectivity index (χ1n) is 5.45. The molecule has 0 aliphatic heterocycles. The van der Waals surface area contributed by atoms with Gasteiger partial charge in [-0.05, 0) is 24.6 Å². The number of nitrogens with one attached hydrogen (secondary N) is 1. The maximum atomic E-state index is 11.8. The molecule has 100 valence electrons. The van der Waals surface area contributed by atoms with Crippen molar-refractivity contribution in [1.29, 1.82) is 0 Å². The third-order valence-corrected chi connectivity index (χ3v) is 4.35. The van der Waals surface area contributed by atoms with E-state index in [1.165, 1.54) is 0 Å². The molecule has 1 aromatic carbocycles. The maximum Gasteiger partial charge on any atom is 0.232 e. The molecule has 0 heterocycles. The predicted octanol–water partition coefficient (Wildman–Crippen LogP) is 2.63. The van der Waals surface area contributed by atoms with Gasteiger partial charge < -0.3 is 5.73 Å². The molecule has 0 spiro atoms. The number of nitrogens with two attached hydrogens (primary N) is 1. The molecule has 0 aliphatic carbocycles. The lowest BCUT2D eigenvalue weighted by atomic mass is 10.2. The summed E-state index contributed by atoms with van der Waals surface area (Å²) in [6.45, 7) is 1.94. The van der Waals surface area contributed by atoms with Crippen LogP contribution in [0.2, 0.25) is 0 Å². The highest BCUT2D eigenvalue weighted by atomic mass is 79.9. The minimum Gasteiger partial charge on any atom is -0.389 e. The van der Waals surface area contributed by atoms with E-state index in [4.69, 9.17) is 18.0 Å². The van der Waals surface area contributed by atoms with Crippen LogP contribution >= 0.6 is 28.1 Å². The zero-order valence-corrected chi connectivity index (χ0v) is 13.2. The second kappa shape index (κ2) is 6.49. The van der Waals surface area contributed by atoms with E-state index in [1.807, 2.05) is 6.92 Å². The van der Waals surface area contributed by atoms with Crippen LogP contribution < -0.4 is 10.5 Å². The minimum absolute atomic E-state index is 0.0936. The Morgan fingerprint density at radius 2 is 2.17 bits per heavy atom. The Hall–Kier alpha value is -0.660. The predicted molar refractivity (Wildman–Crippen MR) is 82.3 cm³/mol. The number of hydrogen-bond donors (Lipinski definition) is 2. The summed E-state index contributed by atoms with van der Waals surface area (Å²) < 4.78 is 26.9. The second-order valence-electron chi connectivity index (χ2n) is 3.83. The molecular weight excluding hydrogens is 336 g/mol. The summed E-state index contributed by atoms with van der Waals surface area (Å²) >= 11 is 8.20. The number of rotatable bonds is 6. The van der Waals surface area contributed by atoms with E-state index in [0.29, 0.717) is 17.7 Å². The van der Waals surface area contributed by atoms with Crippen molar-refractivity contribution in [3.63, 3.8) is 0 Å². The molecule has 0 amide bonds. The maximum absolute atomic E-state index is 11.8. The van der Waals surface area contributed by atoms with Crippen LogP contribution in [0.15, 0.2) is 22.7 Å². The Morgan fingerprint density at radius 3 is 2.72 bits per heavy atom. The minimum atomic E-state index is -3.35. The van der Waals surface area contributed by atoms with Crippen LogP contribution in [0, 0.1) is 0 Å². The topological polar surface area (TPSA) is 72.2 Å². The van der Waals surface area contributed by atoms with Crippen molar-refractivity contribution in [2.75, 3.05) is 10.5 Å². The zero-order valence-electron chi connectivity index (χ0n) is 9.94. The van der Waals surface area contributed by atoms with Crippen molar-refractivity contribution in [2.24, 2.45) is 5.73 Å².